The van der Waals surface area contributed by atoms with Crippen LogP contribution in [-0.2, 0) is 16.0 Å². The van der Waals surface area contributed by atoms with Crippen molar-refractivity contribution in [3.05, 3.63) is 83.4 Å². The van der Waals surface area contributed by atoms with Crippen molar-refractivity contribution >= 4 is 35.8 Å². The zero-order valence-electron chi connectivity index (χ0n) is 29.2. The SMILES string of the molecule is Cc1cc(C(=O)N[C@H]2CCCN(C)C2)ccc1-c1ccc(C[C@H](NC(=O)[C@H]2CC[C@H](CN)CC2)C(=O)Nc2ccc(-c3nn[nH]n3)cc2)cc1.Cl. The summed E-state index contributed by atoms with van der Waals surface area (Å²) in [7, 11) is 2.09. The minimum atomic E-state index is -0.777. The van der Waals surface area contributed by atoms with Crippen molar-refractivity contribution in [2.45, 2.75) is 64.0 Å². The number of halogens is 1. The second kappa shape index (κ2) is 17.5. The molecule has 1 aliphatic heterocycles. The van der Waals surface area contributed by atoms with Crippen LogP contribution in [0, 0.1) is 18.8 Å². The summed E-state index contributed by atoms with van der Waals surface area (Å²) < 4.78 is 0. The Morgan fingerprint density at radius 3 is 2.33 bits per heavy atom. The summed E-state index contributed by atoms with van der Waals surface area (Å²) in [6.45, 7) is 4.59. The lowest BCUT2D eigenvalue weighted by molar-refractivity contribution is -0.130. The highest BCUT2D eigenvalue weighted by Gasteiger charge is 2.29. The van der Waals surface area contributed by atoms with E-state index in [0.29, 0.717) is 36.0 Å². The molecule has 12 nitrogen and oxygen atoms in total. The summed E-state index contributed by atoms with van der Waals surface area (Å²) in [5.74, 6) is 0.335. The average molecular weight is 714 g/mol. The van der Waals surface area contributed by atoms with Crippen molar-refractivity contribution in [2.24, 2.45) is 17.6 Å². The number of aryl methyl sites for hydroxylation is 1. The lowest BCUT2D eigenvalue weighted by atomic mass is 9.81. The molecule has 1 aromatic heterocycles. The Morgan fingerprint density at radius 2 is 1.69 bits per heavy atom. The quantitative estimate of drug-likeness (QED) is 0.151. The number of nitrogens with one attached hydrogen (secondary N) is 4. The second-order valence-corrected chi connectivity index (χ2v) is 13.8. The van der Waals surface area contributed by atoms with Crippen LogP contribution in [-0.4, -0.2) is 82.0 Å². The van der Waals surface area contributed by atoms with Gasteiger partial charge in [-0.3, -0.25) is 14.4 Å². The predicted molar refractivity (Wildman–Crippen MR) is 200 cm³/mol. The summed E-state index contributed by atoms with van der Waals surface area (Å²) in [6, 6.07) is 20.4. The van der Waals surface area contributed by atoms with Crippen molar-refractivity contribution in [3.8, 4) is 22.5 Å². The maximum Gasteiger partial charge on any atom is 0.251 e. The summed E-state index contributed by atoms with van der Waals surface area (Å²) >= 11 is 0. The molecule has 1 aliphatic carbocycles. The molecule has 3 aromatic carbocycles. The second-order valence-electron chi connectivity index (χ2n) is 13.8. The number of tetrazole rings is 1. The van der Waals surface area contributed by atoms with E-state index in [2.05, 4.69) is 48.5 Å². The molecular weight excluding hydrogens is 666 g/mol. The van der Waals surface area contributed by atoms with Crippen LogP contribution >= 0.6 is 12.4 Å². The first kappa shape index (κ1) is 37.6. The molecule has 2 fully saturated rings. The van der Waals surface area contributed by atoms with Gasteiger partial charge in [-0.25, -0.2) is 0 Å². The van der Waals surface area contributed by atoms with E-state index in [-0.39, 0.29) is 42.1 Å². The van der Waals surface area contributed by atoms with Crippen LogP contribution < -0.4 is 21.7 Å². The number of likely N-dealkylation sites (N-methyl/N-ethyl adjacent to an activating group) is 1. The van der Waals surface area contributed by atoms with Crippen molar-refractivity contribution in [3.63, 3.8) is 0 Å². The van der Waals surface area contributed by atoms with Gasteiger partial charge in [-0.15, -0.1) is 22.6 Å². The van der Waals surface area contributed by atoms with E-state index in [1.807, 2.05) is 49.4 Å². The van der Waals surface area contributed by atoms with Crippen molar-refractivity contribution in [1.29, 1.82) is 0 Å². The summed E-state index contributed by atoms with van der Waals surface area (Å²) in [5.41, 5.74) is 11.8. The van der Waals surface area contributed by atoms with Gasteiger partial charge in [-0.2, -0.15) is 5.21 Å². The third-order valence-corrected chi connectivity index (χ3v) is 10.1. The van der Waals surface area contributed by atoms with Gasteiger partial charge in [-0.1, -0.05) is 30.3 Å². The highest BCUT2D eigenvalue weighted by Crippen LogP contribution is 2.29. The lowest BCUT2D eigenvalue weighted by Crippen LogP contribution is -2.48. The number of nitrogens with two attached hydrogens (primary N) is 1. The molecule has 51 heavy (non-hydrogen) atoms. The van der Waals surface area contributed by atoms with Gasteiger partial charge in [0.05, 0.1) is 0 Å². The number of amides is 3. The Balaban J connectivity index is 0.00000504. The van der Waals surface area contributed by atoms with Crippen LogP contribution in [0.25, 0.3) is 22.5 Å². The average Bonchev–Trinajstić information content (AvgIpc) is 3.67. The molecule has 6 rings (SSSR count). The summed E-state index contributed by atoms with van der Waals surface area (Å²) in [5, 5.41) is 23.3. The van der Waals surface area contributed by atoms with Gasteiger partial charge in [-0.05, 0) is 135 Å². The summed E-state index contributed by atoms with van der Waals surface area (Å²) in [6.07, 6.45) is 5.78. The molecular formula is C38H48ClN9O3. The van der Waals surface area contributed by atoms with Crippen LogP contribution in [0.3, 0.4) is 0 Å². The van der Waals surface area contributed by atoms with Crippen molar-refractivity contribution in [1.82, 2.24) is 36.2 Å². The van der Waals surface area contributed by atoms with Crippen molar-refractivity contribution in [2.75, 3.05) is 32.0 Å². The number of aromatic nitrogens is 4. The van der Waals surface area contributed by atoms with Crippen LogP contribution in [0.2, 0.25) is 0 Å². The molecule has 2 aliphatic rings. The topological polar surface area (TPSA) is 171 Å². The Morgan fingerprint density at radius 1 is 0.961 bits per heavy atom. The predicted octanol–water partition coefficient (Wildman–Crippen LogP) is 4.52. The molecule has 2 heterocycles. The fraction of sp³-hybridized carbons (Fsp3) is 0.421. The molecule has 0 radical (unpaired) electrons. The molecule has 6 N–H and O–H groups in total. The molecule has 0 spiro atoms. The number of aromatic amines is 1. The van der Waals surface area contributed by atoms with Crippen molar-refractivity contribution < 1.29 is 14.4 Å². The van der Waals surface area contributed by atoms with Crippen LogP contribution in [0.4, 0.5) is 5.69 Å². The normalized spacial score (nSPS) is 19.7. The molecule has 1 saturated carbocycles. The van der Waals surface area contributed by atoms with Gasteiger partial charge in [0, 0.05) is 41.7 Å². The van der Waals surface area contributed by atoms with Crippen LogP contribution in [0.5, 0.6) is 0 Å². The maximum atomic E-state index is 13.7. The number of H-pyrrole nitrogens is 1. The first-order valence-corrected chi connectivity index (χ1v) is 17.6. The standard InChI is InChI=1S/C38H47N9O3.ClH/c1-24-20-30(37(49)41-32-4-3-19-47(2)23-32)15-18-33(24)27-9-5-25(6-10-27)21-34(42-36(48)29-11-7-26(22-39)8-12-29)38(50)40-31-16-13-28(14-17-31)35-43-45-46-44-35;/h5-6,9-10,13-18,20,26,29,32,34H,3-4,7-8,11-12,19,21-23,39H2,1-2H3,(H,40,50)(H,41,49)(H,42,48)(H,43,44,45,46);1H/t26-,29-,32-,34-;/m0./s1. The van der Waals surface area contributed by atoms with E-state index >= 15 is 0 Å². The van der Waals surface area contributed by atoms with Gasteiger partial charge in [0.2, 0.25) is 17.6 Å². The fourth-order valence-electron chi connectivity index (χ4n) is 7.11. The van der Waals surface area contributed by atoms with E-state index in [0.717, 1.165) is 79.4 Å². The van der Waals surface area contributed by atoms with Gasteiger partial charge in [0.15, 0.2) is 0 Å². The number of carbonyl (C=O) groups excluding carboxylic acids is 3. The Bertz CT molecular complexity index is 1760. The zero-order valence-corrected chi connectivity index (χ0v) is 30.0. The first-order valence-electron chi connectivity index (χ1n) is 17.6. The number of benzene rings is 3. The number of piperidine rings is 1. The number of hydrogen-bond acceptors (Lipinski definition) is 8. The molecule has 2 atom stereocenters. The molecule has 0 bridgehead atoms. The number of likely N-dealkylation sites (tertiary alicyclic amines) is 1. The van der Waals surface area contributed by atoms with E-state index in [1.54, 1.807) is 24.3 Å². The minimum absolute atomic E-state index is 0. The number of rotatable bonds is 11. The van der Waals surface area contributed by atoms with E-state index in [4.69, 9.17) is 5.73 Å². The number of carbonyl (C=O) groups is 3. The Labute approximate surface area is 305 Å². The molecule has 0 unspecified atom stereocenters. The number of hydrogen-bond donors (Lipinski definition) is 5. The zero-order chi connectivity index (χ0) is 35.0. The lowest BCUT2D eigenvalue weighted by Gasteiger charge is -2.30. The van der Waals surface area contributed by atoms with E-state index < -0.39 is 6.04 Å². The van der Waals surface area contributed by atoms with Crippen LogP contribution in [0.1, 0.15) is 60.0 Å². The third kappa shape index (κ3) is 9.78. The van der Waals surface area contributed by atoms with Gasteiger partial charge >= 0.3 is 0 Å². The summed E-state index contributed by atoms with van der Waals surface area (Å²) in [4.78, 5) is 42.4. The minimum Gasteiger partial charge on any atom is -0.348 e. The van der Waals surface area contributed by atoms with Gasteiger partial charge in [0.25, 0.3) is 5.91 Å². The molecule has 13 heteroatoms. The first-order chi connectivity index (χ1) is 24.2. The smallest absolute Gasteiger partial charge is 0.251 e. The van der Waals surface area contributed by atoms with Gasteiger partial charge in [0.1, 0.15) is 6.04 Å². The molecule has 270 valence electrons. The maximum absolute atomic E-state index is 13.7. The number of anilines is 1. The van der Waals surface area contributed by atoms with Crippen LogP contribution in [0.15, 0.2) is 66.7 Å². The molecule has 3 amide bonds. The molecule has 1 saturated heterocycles. The number of nitrogens with zero attached hydrogens (tertiary/aromatic N) is 4. The third-order valence-electron chi connectivity index (χ3n) is 10.1. The van der Waals surface area contributed by atoms with E-state index in [9.17, 15) is 14.4 Å². The Kier molecular flexibility index (Phi) is 12.9. The Hall–Kier alpha value is -4.65. The monoisotopic (exact) mass is 713 g/mol. The highest BCUT2D eigenvalue weighted by molar-refractivity contribution is 5.98. The van der Waals surface area contributed by atoms with Gasteiger partial charge < -0.3 is 26.6 Å². The highest BCUT2D eigenvalue weighted by atomic mass is 35.5. The largest absolute Gasteiger partial charge is 0.348 e. The fourth-order valence-corrected chi connectivity index (χ4v) is 7.11. The molecule has 4 aromatic rings. The van der Waals surface area contributed by atoms with E-state index in [1.165, 1.54) is 0 Å².